The quantitative estimate of drug-likeness (QED) is 0.0848. The highest BCUT2D eigenvalue weighted by Crippen LogP contribution is 2.50. The lowest BCUT2D eigenvalue weighted by molar-refractivity contribution is -0.126. The molecule has 0 rings (SSSR count). The molecule has 298 valence electrons. The van der Waals surface area contributed by atoms with Crippen LogP contribution in [0.1, 0.15) is 142 Å². The molecule has 0 radical (unpaired) electrons. The predicted octanol–water partition coefficient (Wildman–Crippen LogP) is 11.6. The first kappa shape index (κ1) is 49.9. The summed E-state index contributed by atoms with van der Waals surface area (Å²) >= 11 is 0. The summed E-state index contributed by atoms with van der Waals surface area (Å²) in [5, 5.41) is -0.219. The van der Waals surface area contributed by atoms with E-state index in [1.165, 1.54) is 6.08 Å². The number of carbonyl (C=O) groups excluding carboxylic acids is 1. The molecule has 0 aromatic heterocycles. The molecule has 0 aliphatic heterocycles. The van der Waals surface area contributed by atoms with Gasteiger partial charge in [0, 0.05) is 24.2 Å². The maximum Gasteiger partial charge on any atom is 0.245 e. The molecule has 0 heterocycles. The van der Waals surface area contributed by atoms with Gasteiger partial charge in [0.1, 0.15) is 0 Å². The Bertz CT molecular complexity index is 1090. The van der Waals surface area contributed by atoms with Gasteiger partial charge in [-0.05, 0) is 144 Å². The van der Waals surface area contributed by atoms with Gasteiger partial charge in [-0.2, -0.15) is 0 Å². The summed E-state index contributed by atoms with van der Waals surface area (Å²) in [5.74, 6) is 0.0465. The molecule has 0 fully saturated rings. The van der Waals surface area contributed by atoms with Crippen LogP contribution in [0.2, 0.25) is 62.5 Å². The molecule has 1 amide bonds. The number of nitrogens with zero attached hydrogens (tertiary/aromatic N) is 1. The van der Waals surface area contributed by atoms with Crippen LogP contribution in [-0.2, 0) is 13.6 Å². The number of rotatable bonds is 22. The monoisotopic (exact) mass is 772 g/mol. The molecular formula is C40H89N3O3Si4. The van der Waals surface area contributed by atoms with Crippen molar-refractivity contribution in [2.24, 2.45) is 0 Å². The van der Waals surface area contributed by atoms with E-state index >= 15 is 0 Å². The average Bonchev–Trinajstić information content (AvgIpc) is 2.87. The van der Waals surface area contributed by atoms with Crippen LogP contribution < -0.4 is 9.96 Å². The largest absolute Gasteiger partial charge is 0.413 e. The Morgan fingerprint density at radius 1 is 0.620 bits per heavy atom. The van der Waals surface area contributed by atoms with Gasteiger partial charge in [-0.3, -0.25) is 4.79 Å². The number of carbonyl (C=O) groups is 1. The van der Waals surface area contributed by atoms with Crippen LogP contribution in [0.4, 0.5) is 0 Å². The van der Waals surface area contributed by atoms with Crippen LogP contribution in [0.5, 0.6) is 0 Å². The third kappa shape index (κ3) is 14.0. The summed E-state index contributed by atoms with van der Waals surface area (Å²) < 4.78 is 14.6. The Hall–Kier alpha value is -0.0825. The fourth-order valence-corrected chi connectivity index (χ4v) is 22.1. The molecule has 0 aliphatic carbocycles. The van der Waals surface area contributed by atoms with Gasteiger partial charge in [-0.25, -0.2) is 0 Å². The summed E-state index contributed by atoms with van der Waals surface area (Å²) in [5.41, 5.74) is 0.100. The zero-order valence-electron chi connectivity index (χ0n) is 37.8. The normalized spacial score (nSPS) is 16.9. The Balaban J connectivity index is 5.88. The zero-order valence-corrected chi connectivity index (χ0v) is 41.8. The number of nitrogens with one attached hydrogen (secondary N) is 2. The van der Waals surface area contributed by atoms with Gasteiger partial charge in [-0.15, -0.1) is 0 Å². The average molecular weight is 773 g/mol. The van der Waals surface area contributed by atoms with Gasteiger partial charge >= 0.3 is 0 Å². The second-order valence-corrected chi connectivity index (χ2v) is 39.5. The lowest BCUT2D eigenvalue weighted by Crippen LogP contribution is -2.69. The van der Waals surface area contributed by atoms with Crippen LogP contribution in [0.25, 0.3) is 0 Å². The molecule has 2 N–H and O–H groups in total. The highest BCUT2D eigenvalue weighted by atomic mass is 28.4. The van der Waals surface area contributed by atoms with Crippen LogP contribution in [0.3, 0.4) is 0 Å². The van der Waals surface area contributed by atoms with Crippen LogP contribution >= 0.6 is 0 Å². The highest BCUT2D eigenvalue weighted by molar-refractivity contribution is 6.81. The number of amides is 1. The third-order valence-corrected chi connectivity index (χ3v) is 31.0. The lowest BCUT2D eigenvalue weighted by Gasteiger charge is -2.52. The minimum absolute atomic E-state index is 0.0465. The van der Waals surface area contributed by atoms with E-state index in [1.807, 2.05) is 0 Å². The summed E-state index contributed by atoms with van der Waals surface area (Å²) in [6.45, 7) is 57.0. The molecule has 10 heteroatoms. The molecule has 0 aromatic carbocycles. The van der Waals surface area contributed by atoms with Crippen LogP contribution in [0, 0.1) is 0 Å². The van der Waals surface area contributed by atoms with Crippen LogP contribution in [-0.4, -0.2) is 78.5 Å². The maximum absolute atomic E-state index is 13.2. The standard InChI is InChI=1S/C40H89N3O3Si4/c1-24-29-40(15,50(22,23)46-38(12,13)48(18,19)42-36(7,8)9)31-28-33-43(34(44)25-2)32-27-30-39(14,26-3)49(20,21)45-37(10,11)47(16,17)41-35(4,5)6/h25,41-42H,2,24,26-33H2,1,3-23H3. The van der Waals surface area contributed by atoms with Crippen molar-refractivity contribution in [3.8, 4) is 0 Å². The molecular weight excluding hydrogens is 683 g/mol. The van der Waals surface area contributed by atoms with E-state index in [0.29, 0.717) is 0 Å². The van der Waals surface area contributed by atoms with Crippen molar-refractivity contribution in [2.75, 3.05) is 13.1 Å². The zero-order chi connectivity index (χ0) is 40.1. The first-order chi connectivity index (χ1) is 22.0. The Morgan fingerprint density at radius 3 is 1.26 bits per heavy atom. The van der Waals surface area contributed by atoms with E-state index in [4.69, 9.17) is 8.85 Å². The predicted molar refractivity (Wildman–Crippen MR) is 233 cm³/mol. The summed E-state index contributed by atoms with van der Waals surface area (Å²) in [6.07, 6.45) is 8.90. The summed E-state index contributed by atoms with van der Waals surface area (Å²) in [4.78, 5) is 23.2. The van der Waals surface area contributed by atoms with Gasteiger partial charge in [0.05, 0.1) is 10.4 Å². The maximum atomic E-state index is 13.2. The Labute approximate surface area is 317 Å². The van der Waals surface area contributed by atoms with Crippen molar-refractivity contribution in [1.29, 1.82) is 0 Å². The lowest BCUT2D eigenvalue weighted by atomic mass is 9.98. The van der Waals surface area contributed by atoms with E-state index in [-0.39, 0.29) is 37.5 Å². The highest BCUT2D eigenvalue weighted by Gasteiger charge is 2.53. The minimum atomic E-state index is -2.17. The second-order valence-electron chi connectivity index (χ2n) is 21.2. The van der Waals surface area contributed by atoms with E-state index in [1.54, 1.807) is 0 Å². The van der Waals surface area contributed by atoms with Crippen molar-refractivity contribution < 1.29 is 13.6 Å². The fraction of sp³-hybridized carbons (Fsp3) is 0.925. The second kappa shape index (κ2) is 17.6. The Morgan fingerprint density at radius 2 is 0.960 bits per heavy atom. The van der Waals surface area contributed by atoms with Gasteiger partial charge in [-0.1, -0.05) is 73.3 Å². The minimum Gasteiger partial charge on any atom is -0.413 e. The third-order valence-electron chi connectivity index (χ3n) is 12.7. The molecule has 50 heavy (non-hydrogen) atoms. The molecule has 0 bridgehead atoms. The SMILES string of the molecule is C=CC(=O)N(CCCC(C)(CC)[Si](C)(C)OC(C)(C)[Si](C)(C)NC(C)(C)C)CCCC(C)(CCC)[Si](C)(C)OC(C)(C)[Si](C)(C)NC(C)(C)C. The molecule has 0 aliphatic rings. The van der Waals surface area contributed by atoms with Crippen molar-refractivity contribution >= 4 is 39.0 Å². The Kier molecular flexibility index (Phi) is 17.6. The van der Waals surface area contributed by atoms with E-state index in [2.05, 4.69) is 171 Å². The van der Waals surface area contributed by atoms with Crippen LogP contribution in [0.15, 0.2) is 12.7 Å². The van der Waals surface area contributed by atoms with Gasteiger partial charge < -0.3 is 23.7 Å². The van der Waals surface area contributed by atoms with E-state index in [9.17, 15) is 4.79 Å². The first-order valence-electron chi connectivity index (χ1n) is 19.9. The summed E-state index contributed by atoms with van der Waals surface area (Å²) in [7, 11) is -8.19. The topological polar surface area (TPSA) is 62.8 Å². The molecule has 0 saturated heterocycles. The van der Waals surface area contributed by atoms with Gasteiger partial charge in [0.25, 0.3) is 0 Å². The molecule has 2 unspecified atom stereocenters. The van der Waals surface area contributed by atoms with E-state index < -0.39 is 33.1 Å². The fourth-order valence-electron chi connectivity index (χ4n) is 7.92. The smallest absolute Gasteiger partial charge is 0.245 e. The van der Waals surface area contributed by atoms with Gasteiger partial charge in [0.2, 0.25) is 5.91 Å². The summed E-state index contributed by atoms with van der Waals surface area (Å²) in [6, 6.07) is 0. The van der Waals surface area contributed by atoms with Crippen molar-refractivity contribution in [3.63, 3.8) is 0 Å². The van der Waals surface area contributed by atoms with Crippen molar-refractivity contribution in [2.45, 2.75) is 226 Å². The number of hydrogen-bond acceptors (Lipinski definition) is 5. The number of hydrogen-bond donors (Lipinski definition) is 2. The molecule has 6 nitrogen and oxygen atoms in total. The van der Waals surface area contributed by atoms with E-state index in [0.717, 1.165) is 58.0 Å². The molecule has 2 atom stereocenters. The van der Waals surface area contributed by atoms with Crippen molar-refractivity contribution in [1.82, 2.24) is 14.9 Å². The van der Waals surface area contributed by atoms with Crippen molar-refractivity contribution in [3.05, 3.63) is 12.7 Å². The first-order valence-corrected chi connectivity index (χ1v) is 31.7. The molecule has 0 spiro atoms. The molecule has 0 saturated carbocycles. The van der Waals surface area contributed by atoms with Gasteiger partial charge in [0.15, 0.2) is 33.1 Å². The molecule has 0 aromatic rings.